The predicted molar refractivity (Wildman–Crippen MR) is 167 cm³/mol. The van der Waals surface area contributed by atoms with E-state index in [9.17, 15) is 8.22 Å². The van der Waals surface area contributed by atoms with E-state index < -0.39 is 113 Å². The minimum absolute atomic E-state index is 0.0248. The summed E-state index contributed by atoms with van der Waals surface area (Å²) in [6.07, 6.45) is 1.41. The van der Waals surface area contributed by atoms with Crippen LogP contribution in [0.5, 0.6) is 0 Å². The fourth-order valence-electron chi connectivity index (χ4n) is 5.61. The number of furan rings is 2. The van der Waals surface area contributed by atoms with Crippen LogP contribution in [-0.4, -0.2) is 0 Å². The molecule has 9 aromatic rings. The number of hydrogen-bond donors (Lipinski definition) is 0. The second kappa shape index (κ2) is 8.08. The molecule has 0 atom stereocenters. The van der Waals surface area contributed by atoms with Gasteiger partial charge in [0, 0.05) is 27.8 Å². The SMILES string of the molecule is [2H]c1c([2H])c([2H])c2c([2H])c(-c3c4c([2H])c([2H])c([2H])c([2H])c4c(-c4c5ccoc5cc5oc6ccccc6c45)c4c([2H])c([2H])c([2H])c([2H])c34)c([2H])c([2H])c2c1[2H]. The van der Waals surface area contributed by atoms with Gasteiger partial charge in [-0.3, -0.25) is 0 Å². The van der Waals surface area contributed by atoms with Gasteiger partial charge in [0.15, 0.2) is 0 Å². The summed E-state index contributed by atoms with van der Waals surface area (Å²) in [4.78, 5) is 0. The number of benzene rings is 7. The smallest absolute Gasteiger partial charge is 0.139 e. The molecule has 0 fully saturated rings. The van der Waals surface area contributed by atoms with Crippen molar-refractivity contribution in [1.29, 1.82) is 0 Å². The molecule has 0 aliphatic rings. The van der Waals surface area contributed by atoms with Crippen LogP contribution in [0.25, 0.3) is 87.5 Å². The fraction of sp³-hybridized carbons (Fsp3) is 0. The highest BCUT2D eigenvalue weighted by Gasteiger charge is 2.23. The Morgan fingerprint density at radius 3 is 1.95 bits per heavy atom. The zero-order chi connectivity index (χ0) is 39.3. The molecule has 2 heteroatoms. The van der Waals surface area contributed by atoms with Crippen LogP contribution < -0.4 is 0 Å². The van der Waals surface area contributed by atoms with Crippen molar-refractivity contribution in [1.82, 2.24) is 0 Å². The molecule has 2 heterocycles. The summed E-state index contributed by atoms with van der Waals surface area (Å²) in [5, 5.41) is -0.499. The number of para-hydroxylation sites is 1. The molecular formula is C38H22O2. The van der Waals surface area contributed by atoms with Crippen LogP contribution in [0.4, 0.5) is 0 Å². The lowest BCUT2D eigenvalue weighted by atomic mass is 9.83. The first-order valence-electron chi connectivity index (χ1n) is 19.9. The van der Waals surface area contributed by atoms with Crippen molar-refractivity contribution in [3.05, 3.63) is 133 Å². The van der Waals surface area contributed by atoms with Crippen molar-refractivity contribution in [3.8, 4) is 22.3 Å². The van der Waals surface area contributed by atoms with Crippen LogP contribution in [0.1, 0.15) is 20.6 Å². The summed E-state index contributed by atoms with van der Waals surface area (Å²) in [6.45, 7) is 0. The fourth-order valence-corrected chi connectivity index (χ4v) is 5.61. The molecule has 40 heavy (non-hydrogen) atoms. The van der Waals surface area contributed by atoms with Gasteiger partial charge < -0.3 is 8.83 Å². The van der Waals surface area contributed by atoms with Crippen molar-refractivity contribution in [2.75, 3.05) is 0 Å². The maximum atomic E-state index is 9.43. The molecule has 0 spiro atoms. The maximum absolute atomic E-state index is 9.43. The van der Waals surface area contributed by atoms with Gasteiger partial charge in [-0.25, -0.2) is 0 Å². The monoisotopic (exact) mass is 525 g/mol. The van der Waals surface area contributed by atoms with Crippen molar-refractivity contribution in [2.45, 2.75) is 0 Å². The highest BCUT2D eigenvalue weighted by Crippen LogP contribution is 2.49. The van der Waals surface area contributed by atoms with Crippen molar-refractivity contribution >= 4 is 65.2 Å². The van der Waals surface area contributed by atoms with Gasteiger partial charge in [-0.2, -0.15) is 0 Å². The molecule has 0 radical (unpaired) electrons. The Morgan fingerprint density at radius 1 is 0.500 bits per heavy atom. The second-order valence-electron chi connectivity index (χ2n) is 9.31. The van der Waals surface area contributed by atoms with Gasteiger partial charge in [0.1, 0.15) is 16.7 Å². The molecular weight excluding hydrogens is 488 g/mol. The Balaban J connectivity index is 1.68. The molecule has 7 aromatic carbocycles. The standard InChI is InChI=1S/C38H22O2/c1-2-10-24-21-25(18-17-23(24)9-1)35-26-11-3-5-13-28(26)36(29-14-6-4-12-27(29)35)38-31-19-20-39-33(31)22-34-37(38)30-15-7-8-16-32(30)40-34/h1-22H/i1D,2D,3D,4D,5D,6D,9D,10D,11D,12D,13D,14D,17D,18D,21D. The lowest BCUT2D eigenvalue weighted by Gasteiger charge is -2.19. The summed E-state index contributed by atoms with van der Waals surface area (Å²) in [6, 6.07) is 0.0756. The van der Waals surface area contributed by atoms with Gasteiger partial charge in [-0.15, -0.1) is 0 Å². The van der Waals surface area contributed by atoms with E-state index in [1.165, 1.54) is 6.26 Å². The van der Waals surface area contributed by atoms with Gasteiger partial charge >= 0.3 is 0 Å². The van der Waals surface area contributed by atoms with E-state index in [2.05, 4.69) is 0 Å². The minimum Gasteiger partial charge on any atom is -0.464 e. The number of fused-ring (bicyclic) bond motifs is 7. The first-order chi connectivity index (χ1) is 26.1. The molecule has 0 aliphatic heterocycles. The number of rotatable bonds is 2. The summed E-state index contributed by atoms with van der Waals surface area (Å²) in [5.41, 5.74) is 0.421. The zero-order valence-corrected chi connectivity index (χ0v) is 20.4. The van der Waals surface area contributed by atoms with E-state index in [1.807, 2.05) is 0 Å². The molecule has 2 nitrogen and oxygen atoms in total. The first kappa shape index (κ1) is 11.8. The average Bonchev–Trinajstić information content (AvgIpc) is 3.80. The quantitative estimate of drug-likeness (QED) is 0.210. The minimum atomic E-state index is -0.752. The second-order valence-corrected chi connectivity index (χ2v) is 9.31. The van der Waals surface area contributed by atoms with Crippen molar-refractivity contribution < 1.29 is 29.4 Å². The van der Waals surface area contributed by atoms with Crippen LogP contribution in [0.15, 0.2) is 142 Å². The number of hydrogen-bond acceptors (Lipinski definition) is 2. The lowest BCUT2D eigenvalue weighted by molar-refractivity contribution is 0.613. The van der Waals surface area contributed by atoms with Crippen LogP contribution in [0.2, 0.25) is 0 Å². The topological polar surface area (TPSA) is 26.3 Å². The molecule has 0 aliphatic carbocycles. The van der Waals surface area contributed by atoms with E-state index >= 15 is 0 Å². The summed E-state index contributed by atoms with van der Waals surface area (Å²) in [7, 11) is 0. The molecule has 0 N–H and O–H groups in total. The Kier molecular flexibility index (Phi) is 2.39. The Hall–Kier alpha value is -5.34. The van der Waals surface area contributed by atoms with Gasteiger partial charge in [-0.05, 0) is 67.2 Å². The lowest BCUT2D eigenvalue weighted by Crippen LogP contribution is -1.92. The summed E-state index contributed by atoms with van der Waals surface area (Å²) < 4.78 is 146. The van der Waals surface area contributed by atoms with Crippen LogP contribution in [0, 0.1) is 0 Å². The molecule has 0 saturated heterocycles. The maximum Gasteiger partial charge on any atom is 0.139 e. The predicted octanol–water partition coefficient (Wildman–Crippen LogP) is 11.1. The van der Waals surface area contributed by atoms with Crippen LogP contribution >= 0.6 is 0 Å². The van der Waals surface area contributed by atoms with Crippen molar-refractivity contribution in [2.24, 2.45) is 0 Å². The summed E-state index contributed by atoms with van der Waals surface area (Å²) >= 11 is 0. The third-order valence-corrected chi connectivity index (χ3v) is 7.22. The first-order valence-corrected chi connectivity index (χ1v) is 12.4. The summed E-state index contributed by atoms with van der Waals surface area (Å²) in [5.74, 6) is 0. The normalized spacial score (nSPS) is 17.2. The van der Waals surface area contributed by atoms with E-state index in [4.69, 9.17) is 21.2 Å². The third-order valence-electron chi connectivity index (χ3n) is 7.22. The van der Waals surface area contributed by atoms with Crippen LogP contribution in [0.3, 0.4) is 0 Å². The molecule has 2 aromatic heterocycles. The zero-order valence-electron chi connectivity index (χ0n) is 35.4. The molecule has 0 unspecified atom stereocenters. The molecule has 0 amide bonds. The molecule has 0 bridgehead atoms. The van der Waals surface area contributed by atoms with Gasteiger partial charge in [0.2, 0.25) is 0 Å². The highest BCUT2D eigenvalue weighted by molar-refractivity contribution is 6.29. The van der Waals surface area contributed by atoms with E-state index in [-0.39, 0.29) is 32.7 Å². The Morgan fingerprint density at radius 2 is 1.18 bits per heavy atom. The largest absolute Gasteiger partial charge is 0.464 e. The molecule has 186 valence electrons. The van der Waals surface area contributed by atoms with Crippen molar-refractivity contribution in [3.63, 3.8) is 0 Å². The van der Waals surface area contributed by atoms with Gasteiger partial charge in [0.25, 0.3) is 0 Å². The average molecular weight is 526 g/mol. The van der Waals surface area contributed by atoms with E-state index in [0.29, 0.717) is 32.9 Å². The highest BCUT2D eigenvalue weighted by atomic mass is 16.3. The van der Waals surface area contributed by atoms with E-state index in [1.54, 1.807) is 36.4 Å². The Labute approximate surface area is 250 Å². The van der Waals surface area contributed by atoms with Gasteiger partial charge in [0.05, 0.1) is 26.8 Å². The van der Waals surface area contributed by atoms with Crippen LogP contribution in [-0.2, 0) is 0 Å². The van der Waals surface area contributed by atoms with Gasteiger partial charge in [-0.1, -0.05) is 103 Å². The third kappa shape index (κ3) is 2.93. The van der Waals surface area contributed by atoms with E-state index in [0.717, 1.165) is 0 Å². The Bertz CT molecular complexity index is 3190. The molecule has 9 rings (SSSR count). The molecule has 0 saturated carbocycles.